The van der Waals surface area contributed by atoms with Gasteiger partial charge in [-0.1, -0.05) is 13.8 Å². The zero-order valence-electron chi connectivity index (χ0n) is 9.50. The molecule has 0 aromatic rings. The van der Waals surface area contributed by atoms with E-state index in [1.165, 1.54) is 32.5 Å². The van der Waals surface area contributed by atoms with Crippen molar-refractivity contribution in [1.82, 2.24) is 4.90 Å². The Morgan fingerprint density at radius 1 is 1.57 bits per heavy atom. The van der Waals surface area contributed by atoms with E-state index in [-0.39, 0.29) is 0 Å². The maximum atomic E-state index is 8.50. The van der Waals surface area contributed by atoms with Gasteiger partial charge < -0.3 is 4.90 Å². The number of piperidine rings is 1. The fourth-order valence-corrected chi connectivity index (χ4v) is 2.30. The van der Waals surface area contributed by atoms with E-state index in [2.05, 4.69) is 24.8 Å². The lowest BCUT2D eigenvalue weighted by molar-refractivity contribution is 0.160. The van der Waals surface area contributed by atoms with Crippen molar-refractivity contribution in [3.8, 4) is 6.07 Å². The minimum absolute atomic E-state index is 0.681. The molecule has 1 aliphatic heterocycles. The van der Waals surface area contributed by atoms with Crippen molar-refractivity contribution in [1.29, 1.82) is 5.26 Å². The third-order valence-electron chi connectivity index (χ3n) is 3.06. The van der Waals surface area contributed by atoms with Crippen molar-refractivity contribution < 1.29 is 0 Å². The zero-order chi connectivity index (χ0) is 10.4. The van der Waals surface area contributed by atoms with Crippen LogP contribution in [0.1, 0.15) is 39.5 Å². The Morgan fingerprint density at radius 2 is 2.36 bits per heavy atom. The fourth-order valence-electron chi connectivity index (χ4n) is 2.30. The van der Waals surface area contributed by atoms with E-state index < -0.39 is 0 Å². The van der Waals surface area contributed by atoms with Gasteiger partial charge in [0, 0.05) is 19.5 Å². The van der Waals surface area contributed by atoms with Crippen LogP contribution in [-0.2, 0) is 0 Å². The van der Waals surface area contributed by atoms with E-state index in [0.29, 0.717) is 12.3 Å². The van der Waals surface area contributed by atoms with Gasteiger partial charge >= 0.3 is 0 Å². The molecule has 0 bridgehead atoms. The van der Waals surface area contributed by atoms with Gasteiger partial charge in [0.15, 0.2) is 0 Å². The van der Waals surface area contributed by atoms with E-state index in [9.17, 15) is 0 Å². The van der Waals surface area contributed by atoms with E-state index in [0.717, 1.165) is 12.3 Å². The first-order valence-electron chi connectivity index (χ1n) is 5.81. The van der Waals surface area contributed by atoms with E-state index in [1.54, 1.807) is 0 Å². The molecule has 2 atom stereocenters. The first kappa shape index (κ1) is 11.5. The maximum Gasteiger partial charge on any atom is 0.0621 e. The Morgan fingerprint density at radius 3 is 3.00 bits per heavy atom. The minimum Gasteiger partial charge on any atom is -0.303 e. The molecule has 14 heavy (non-hydrogen) atoms. The molecule has 0 aromatic heterocycles. The summed E-state index contributed by atoms with van der Waals surface area (Å²) in [5, 5.41) is 8.50. The molecule has 0 N–H and O–H groups in total. The third-order valence-corrected chi connectivity index (χ3v) is 3.06. The third kappa shape index (κ3) is 4.11. The van der Waals surface area contributed by atoms with Crippen molar-refractivity contribution in [2.45, 2.75) is 39.5 Å². The Balaban J connectivity index is 2.19. The van der Waals surface area contributed by atoms with Crippen LogP contribution in [0.4, 0.5) is 0 Å². The molecule has 1 rings (SSSR count). The van der Waals surface area contributed by atoms with Gasteiger partial charge in [0.2, 0.25) is 0 Å². The number of nitriles is 1. The van der Waals surface area contributed by atoms with Crippen molar-refractivity contribution in [2.24, 2.45) is 11.8 Å². The van der Waals surface area contributed by atoms with Gasteiger partial charge in [0.25, 0.3) is 0 Å². The van der Waals surface area contributed by atoms with Gasteiger partial charge in [0.1, 0.15) is 0 Å². The number of hydrogen-bond acceptors (Lipinski definition) is 2. The van der Waals surface area contributed by atoms with Crippen LogP contribution in [-0.4, -0.2) is 24.5 Å². The molecule has 0 aliphatic carbocycles. The summed E-state index contributed by atoms with van der Waals surface area (Å²) in [4.78, 5) is 2.57. The molecule has 0 aromatic carbocycles. The standard InChI is InChI=1S/C12H22N2/c1-11(5-3-7-13)9-14-8-4-6-12(2)10-14/h11-12H,3-6,8-10H2,1-2H3. The molecule has 1 aliphatic rings. The highest BCUT2D eigenvalue weighted by Crippen LogP contribution is 2.17. The average Bonchev–Trinajstić information content (AvgIpc) is 2.15. The van der Waals surface area contributed by atoms with Crippen LogP contribution < -0.4 is 0 Å². The number of nitrogens with zero attached hydrogens (tertiary/aromatic N) is 2. The summed E-state index contributed by atoms with van der Waals surface area (Å²) < 4.78 is 0. The van der Waals surface area contributed by atoms with Crippen LogP contribution in [0, 0.1) is 23.2 Å². The Kier molecular flexibility index (Phi) is 4.97. The second kappa shape index (κ2) is 6.03. The smallest absolute Gasteiger partial charge is 0.0621 e. The molecule has 1 heterocycles. The molecule has 80 valence electrons. The summed E-state index contributed by atoms with van der Waals surface area (Å²) in [5.74, 6) is 1.55. The van der Waals surface area contributed by atoms with Crippen LogP contribution in [0.2, 0.25) is 0 Å². The molecule has 1 saturated heterocycles. The minimum atomic E-state index is 0.681. The fraction of sp³-hybridized carbons (Fsp3) is 0.917. The summed E-state index contributed by atoms with van der Waals surface area (Å²) in [6.45, 7) is 8.31. The van der Waals surface area contributed by atoms with E-state index in [4.69, 9.17) is 5.26 Å². The summed E-state index contributed by atoms with van der Waals surface area (Å²) in [5.41, 5.74) is 0. The topological polar surface area (TPSA) is 27.0 Å². The molecule has 1 fully saturated rings. The largest absolute Gasteiger partial charge is 0.303 e. The second-order valence-electron chi connectivity index (χ2n) is 4.81. The number of hydrogen-bond donors (Lipinski definition) is 0. The van der Waals surface area contributed by atoms with Crippen LogP contribution >= 0.6 is 0 Å². The van der Waals surface area contributed by atoms with Crippen molar-refractivity contribution in [2.75, 3.05) is 19.6 Å². The van der Waals surface area contributed by atoms with Gasteiger partial charge in [-0.3, -0.25) is 0 Å². The highest BCUT2D eigenvalue weighted by molar-refractivity contribution is 4.75. The molecular weight excluding hydrogens is 172 g/mol. The SMILES string of the molecule is CC(CCC#N)CN1CCCC(C)C1. The van der Waals surface area contributed by atoms with Gasteiger partial charge in [0.05, 0.1) is 6.07 Å². The highest BCUT2D eigenvalue weighted by Gasteiger charge is 2.17. The normalized spacial score (nSPS) is 25.6. The molecule has 2 unspecified atom stereocenters. The lowest BCUT2D eigenvalue weighted by atomic mass is 9.98. The number of rotatable bonds is 4. The lowest BCUT2D eigenvalue weighted by Gasteiger charge is -2.32. The molecule has 0 radical (unpaired) electrons. The van der Waals surface area contributed by atoms with Crippen LogP contribution in [0.25, 0.3) is 0 Å². The predicted molar refractivity (Wildman–Crippen MR) is 58.8 cm³/mol. The summed E-state index contributed by atoms with van der Waals surface area (Å²) >= 11 is 0. The lowest BCUT2D eigenvalue weighted by Crippen LogP contribution is -2.37. The van der Waals surface area contributed by atoms with Gasteiger partial charge in [-0.15, -0.1) is 0 Å². The summed E-state index contributed by atoms with van der Waals surface area (Å²) in [6.07, 6.45) is 4.52. The Hall–Kier alpha value is -0.550. The van der Waals surface area contributed by atoms with Crippen molar-refractivity contribution >= 4 is 0 Å². The second-order valence-corrected chi connectivity index (χ2v) is 4.81. The van der Waals surface area contributed by atoms with E-state index >= 15 is 0 Å². The highest BCUT2D eigenvalue weighted by atomic mass is 15.1. The first-order chi connectivity index (χ1) is 6.72. The monoisotopic (exact) mass is 194 g/mol. The molecular formula is C12H22N2. The molecule has 0 saturated carbocycles. The Bertz CT molecular complexity index is 195. The van der Waals surface area contributed by atoms with Gasteiger partial charge in [-0.2, -0.15) is 5.26 Å². The van der Waals surface area contributed by atoms with Crippen LogP contribution in [0.5, 0.6) is 0 Å². The molecule has 0 amide bonds. The summed E-state index contributed by atoms with van der Waals surface area (Å²) in [6, 6.07) is 2.23. The van der Waals surface area contributed by atoms with Crippen LogP contribution in [0.3, 0.4) is 0 Å². The van der Waals surface area contributed by atoms with Gasteiger partial charge in [-0.25, -0.2) is 0 Å². The molecule has 0 spiro atoms. The number of likely N-dealkylation sites (tertiary alicyclic amines) is 1. The molecule has 2 heteroatoms. The summed E-state index contributed by atoms with van der Waals surface area (Å²) in [7, 11) is 0. The van der Waals surface area contributed by atoms with Crippen molar-refractivity contribution in [3.05, 3.63) is 0 Å². The Labute approximate surface area is 87.9 Å². The van der Waals surface area contributed by atoms with Gasteiger partial charge in [-0.05, 0) is 37.6 Å². The van der Waals surface area contributed by atoms with Crippen LogP contribution in [0.15, 0.2) is 0 Å². The van der Waals surface area contributed by atoms with E-state index in [1.807, 2.05) is 0 Å². The average molecular weight is 194 g/mol. The maximum absolute atomic E-state index is 8.50. The molecule has 2 nitrogen and oxygen atoms in total. The predicted octanol–water partition coefficient (Wildman–Crippen LogP) is 2.66. The quantitative estimate of drug-likeness (QED) is 0.688. The zero-order valence-corrected chi connectivity index (χ0v) is 9.50. The first-order valence-corrected chi connectivity index (χ1v) is 5.81. The van der Waals surface area contributed by atoms with Crippen molar-refractivity contribution in [3.63, 3.8) is 0 Å².